The van der Waals surface area contributed by atoms with Crippen LogP contribution >= 0.6 is 11.6 Å². The lowest BCUT2D eigenvalue weighted by atomic mass is 9.74. The molecule has 6 nitrogen and oxygen atoms in total. The zero-order chi connectivity index (χ0) is 25.4. The van der Waals surface area contributed by atoms with E-state index in [2.05, 4.69) is 31.4 Å². The largest absolute Gasteiger partial charge is 0.385 e. The molecule has 1 aliphatic heterocycles. The molecule has 0 spiro atoms. The van der Waals surface area contributed by atoms with Gasteiger partial charge in [0.15, 0.2) is 0 Å². The van der Waals surface area contributed by atoms with E-state index >= 15 is 0 Å². The van der Waals surface area contributed by atoms with Gasteiger partial charge < -0.3 is 25.4 Å². The third-order valence-corrected chi connectivity index (χ3v) is 6.98. The summed E-state index contributed by atoms with van der Waals surface area (Å²) < 4.78 is 19.5. The number of halogens is 2. The topological polar surface area (TPSA) is 73.8 Å². The molecule has 3 unspecified atom stereocenters. The van der Waals surface area contributed by atoms with Gasteiger partial charge in [-0.25, -0.2) is 9.18 Å². The van der Waals surface area contributed by atoms with E-state index in [1.165, 1.54) is 6.07 Å². The number of hydrogen-bond acceptors (Lipinski definition) is 4. The molecule has 1 aromatic carbocycles. The predicted octanol–water partition coefficient (Wildman–Crippen LogP) is 4.93. The van der Waals surface area contributed by atoms with Crippen molar-refractivity contribution in [3.8, 4) is 0 Å². The van der Waals surface area contributed by atoms with Crippen molar-refractivity contribution in [1.82, 2.24) is 15.5 Å². The summed E-state index contributed by atoms with van der Waals surface area (Å²) in [6.45, 7) is 8.76. The van der Waals surface area contributed by atoms with Crippen molar-refractivity contribution >= 4 is 17.6 Å². The lowest BCUT2D eigenvalue weighted by molar-refractivity contribution is -0.0565. The molecular formula is C26H43ClFN3O3. The normalized spacial score (nSPS) is 19.5. The van der Waals surface area contributed by atoms with Crippen molar-refractivity contribution in [2.45, 2.75) is 70.9 Å². The number of methoxy groups -OCH3 is 1. The van der Waals surface area contributed by atoms with Crippen LogP contribution in [-0.2, 0) is 10.3 Å². The molecule has 8 heteroatoms. The number of aliphatic hydroxyl groups is 1. The van der Waals surface area contributed by atoms with Gasteiger partial charge in [-0.2, -0.15) is 0 Å². The van der Waals surface area contributed by atoms with E-state index in [1.807, 2.05) is 7.05 Å². The molecule has 1 saturated heterocycles. The van der Waals surface area contributed by atoms with Gasteiger partial charge >= 0.3 is 6.03 Å². The summed E-state index contributed by atoms with van der Waals surface area (Å²) in [7, 11) is 3.53. The molecule has 0 bridgehead atoms. The predicted molar refractivity (Wildman–Crippen MR) is 136 cm³/mol. The molecule has 34 heavy (non-hydrogen) atoms. The van der Waals surface area contributed by atoms with E-state index in [1.54, 1.807) is 24.1 Å². The average molecular weight is 500 g/mol. The molecule has 0 aliphatic carbocycles. The number of hydrogen-bond donors (Lipinski definition) is 3. The first-order chi connectivity index (χ1) is 16.0. The number of rotatable bonds is 11. The zero-order valence-corrected chi connectivity index (χ0v) is 22.2. The molecule has 3 N–H and O–H groups in total. The summed E-state index contributed by atoms with van der Waals surface area (Å²) in [4.78, 5) is 15.0. The highest BCUT2D eigenvalue weighted by atomic mass is 35.5. The number of piperidine rings is 1. The van der Waals surface area contributed by atoms with Gasteiger partial charge in [0, 0.05) is 50.9 Å². The van der Waals surface area contributed by atoms with Crippen LogP contribution in [0.4, 0.5) is 9.18 Å². The van der Waals surface area contributed by atoms with Crippen LogP contribution in [0.1, 0.15) is 64.9 Å². The molecule has 0 saturated carbocycles. The summed E-state index contributed by atoms with van der Waals surface area (Å²) in [5, 5.41) is 18.3. The van der Waals surface area contributed by atoms with Crippen LogP contribution in [0.2, 0.25) is 5.02 Å². The van der Waals surface area contributed by atoms with Gasteiger partial charge in [-0.1, -0.05) is 44.5 Å². The number of carbonyl (C=O) groups excluding carboxylic acids is 1. The molecule has 1 aromatic rings. The maximum atomic E-state index is 14.3. The van der Waals surface area contributed by atoms with E-state index in [4.69, 9.17) is 16.3 Å². The Morgan fingerprint density at radius 1 is 1.35 bits per heavy atom. The fraction of sp³-hybridized carbons (Fsp3) is 0.731. The van der Waals surface area contributed by atoms with E-state index in [0.29, 0.717) is 44.6 Å². The molecule has 0 aromatic heterocycles. The summed E-state index contributed by atoms with van der Waals surface area (Å²) in [6, 6.07) is 4.46. The molecule has 2 amide bonds. The van der Waals surface area contributed by atoms with E-state index in [9.17, 15) is 14.3 Å². The molecular weight excluding hydrogens is 457 g/mol. The van der Waals surface area contributed by atoms with Gasteiger partial charge in [-0.05, 0) is 57.1 Å². The molecule has 1 fully saturated rings. The lowest BCUT2D eigenvalue weighted by Crippen LogP contribution is -2.54. The van der Waals surface area contributed by atoms with Gasteiger partial charge in [0.1, 0.15) is 5.82 Å². The number of amides is 2. The molecule has 2 rings (SSSR count). The molecule has 0 radical (unpaired) electrons. The Kier molecular flexibility index (Phi) is 11.1. The van der Waals surface area contributed by atoms with Crippen molar-refractivity contribution in [3.05, 3.63) is 34.6 Å². The SMILES string of the molecule is CNCC(CC(C)(C)C)NC(=O)N1CCCC(C(O)(CCCCOC)c2cccc(F)c2Cl)C1. The number of carbonyl (C=O) groups is 1. The van der Waals surface area contributed by atoms with E-state index in [-0.39, 0.29) is 28.4 Å². The van der Waals surface area contributed by atoms with Crippen LogP contribution < -0.4 is 10.6 Å². The standard InChI is InChI=1S/C26H43ClFN3O3/c1-25(2,3)16-20(17-29-4)30-24(32)31-14-9-10-19(18-31)26(33,13-6-7-15-34-5)21-11-8-12-22(28)23(21)27/h8,11-12,19-20,29,33H,6-7,9-10,13-18H2,1-5H3,(H,30,32). The quantitative estimate of drug-likeness (QED) is 0.377. The molecule has 194 valence electrons. The maximum absolute atomic E-state index is 14.3. The monoisotopic (exact) mass is 499 g/mol. The van der Waals surface area contributed by atoms with E-state index in [0.717, 1.165) is 25.7 Å². The number of benzene rings is 1. The van der Waals surface area contributed by atoms with Crippen molar-refractivity contribution in [1.29, 1.82) is 0 Å². The third-order valence-electron chi connectivity index (χ3n) is 6.60. The lowest BCUT2D eigenvalue weighted by Gasteiger charge is -2.43. The number of likely N-dealkylation sites (tertiary alicyclic amines) is 1. The van der Waals surface area contributed by atoms with E-state index < -0.39 is 11.4 Å². The highest BCUT2D eigenvalue weighted by Gasteiger charge is 2.43. The number of nitrogens with one attached hydrogen (secondary N) is 2. The first-order valence-corrected chi connectivity index (χ1v) is 12.8. The van der Waals surface area contributed by atoms with Crippen LogP contribution in [0, 0.1) is 17.2 Å². The second-order valence-electron chi connectivity index (χ2n) is 10.7. The van der Waals surface area contributed by atoms with Gasteiger partial charge in [0.05, 0.1) is 10.6 Å². The van der Waals surface area contributed by atoms with Crippen molar-refractivity contribution in [2.24, 2.45) is 11.3 Å². The Morgan fingerprint density at radius 3 is 2.74 bits per heavy atom. The highest BCUT2D eigenvalue weighted by Crippen LogP contribution is 2.43. The van der Waals surface area contributed by atoms with Crippen molar-refractivity contribution in [2.75, 3.05) is 40.4 Å². The van der Waals surface area contributed by atoms with Crippen LogP contribution in [-0.4, -0.2) is 62.5 Å². The minimum absolute atomic E-state index is 0.00321. The summed E-state index contributed by atoms with van der Waals surface area (Å²) in [6.07, 6.45) is 4.25. The Hall–Kier alpha value is -1.41. The minimum Gasteiger partial charge on any atom is -0.385 e. The average Bonchev–Trinajstić information content (AvgIpc) is 2.77. The molecule has 1 aliphatic rings. The van der Waals surface area contributed by atoms with Crippen molar-refractivity contribution in [3.63, 3.8) is 0 Å². The number of urea groups is 1. The van der Waals surface area contributed by atoms with Crippen LogP contribution in [0.15, 0.2) is 18.2 Å². The first kappa shape index (κ1) is 28.8. The van der Waals surface area contributed by atoms with Gasteiger partial charge in [0.2, 0.25) is 0 Å². The summed E-state index contributed by atoms with van der Waals surface area (Å²) >= 11 is 6.34. The summed E-state index contributed by atoms with van der Waals surface area (Å²) in [5.41, 5.74) is -0.850. The van der Waals surface area contributed by atoms with Gasteiger partial charge in [0.25, 0.3) is 0 Å². The van der Waals surface area contributed by atoms with Gasteiger partial charge in [-0.15, -0.1) is 0 Å². The minimum atomic E-state index is -1.33. The molecule has 1 heterocycles. The van der Waals surface area contributed by atoms with Crippen molar-refractivity contribution < 1.29 is 19.0 Å². The Balaban J connectivity index is 2.22. The Labute approximate surface area is 209 Å². The highest BCUT2D eigenvalue weighted by molar-refractivity contribution is 6.31. The van der Waals surface area contributed by atoms with Crippen LogP contribution in [0.5, 0.6) is 0 Å². The fourth-order valence-corrected chi connectivity index (χ4v) is 5.30. The Morgan fingerprint density at radius 2 is 2.09 bits per heavy atom. The number of nitrogens with zero attached hydrogens (tertiary/aromatic N) is 1. The zero-order valence-electron chi connectivity index (χ0n) is 21.4. The smallest absolute Gasteiger partial charge is 0.317 e. The number of ether oxygens (including phenoxy) is 1. The second-order valence-corrected chi connectivity index (χ2v) is 11.1. The number of unbranched alkanes of at least 4 members (excludes halogenated alkanes) is 1. The number of likely N-dealkylation sites (N-methyl/N-ethyl adjacent to an activating group) is 1. The second kappa shape index (κ2) is 13.1. The van der Waals surface area contributed by atoms with Gasteiger partial charge in [-0.3, -0.25) is 0 Å². The Bertz CT molecular complexity index is 789. The van der Waals surface area contributed by atoms with Crippen LogP contribution in [0.3, 0.4) is 0 Å². The maximum Gasteiger partial charge on any atom is 0.317 e. The van der Waals surface area contributed by atoms with Crippen LogP contribution in [0.25, 0.3) is 0 Å². The molecule has 3 atom stereocenters. The fourth-order valence-electron chi connectivity index (χ4n) is 5.01. The first-order valence-electron chi connectivity index (χ1n) is 12.4. The third kappa shape index (κ3) is 8.08. The summed E-state index contributed by atoms with van der Waals surface area (Å²) in [5.74, 6) is -0.795.